The van der Waals surface area contributed by atoms with Crippen molar-refractivity contribution in [3.63, 3.8) is 0 Å². The fraction of sp³-hybridized carbons (Fsp3) is 0.929. The summed E-state index contributed by atoms with van der Waals surface area (Å²) in [5, 5.41) is 0. The second-order valence-corrected chi connectivity index (χ2v) is 8.01. The predicted octanol–water partition coefficient (Wildman–Crippen LogP) is 0.828. The molecule has 1 amide bonds. The van der Waals surface area contributed by atoms with Crippen LogP contribution in [0.3, 0.4) is 0 Å². The van der Waals surface area contributed by atoms with E-state index in [0.717, 1.165) is 32.2 Å². The van der Waals surface area contributed by atoms with E-state index < -0.39 is 10.0 Å². The standard InChI is InChI=1S/C14H26N2O4S/c1-12(20-2)11-21(18,19)15-9-6-13(7-10-15)16-8-4-3-5-14(16)17/h12-13H,3-11H2,1-2H3. The van der Waals surface area contributed by atoms with Crippen LogP contribution in [0.25, 0.3) is 0 Å². The maximum Gasteiger partial charge on any atom is 0.222 e. The first-order chi connectivity index (χ1) is 9.94. The van der Waals surface area contributed by atoms with Gasteiger partial charge in [0.25, 0.3) is 0 Å². The number of piperidine rings is 2. The van der Waals surface area contributed by atoms with E-state index in [2.05, 4.69) is 0 Å². The fourth-order valence-corrected chi connectivity index (χ4v) is 4.82. The van der Waals surface area contributed by atoms with E-state index in [0.29, 0.717) is 19.5 Å². The highest BCUT2D eigenvalue weighted by molar-refractivity contribution is 7.89. The fourth-order valence-electron chi connectivity index (χ4n) is 3.11. The first-order valence-electron chi connectivity index (χ1n) is 7.74. The first-order valence-corrected chi connectivity index (χ1v) is 9.35. The van der Waals surface area contributed by atoms with Gasteiger partial charge in [0.05, 0.1) is 11.9 Å². The number of hydrogen-bond acceptors (Lipinski definition) is 4. The van der Waals surface area contributed by atoms with Gasteiger partial charge >= 0.3 is 0 Å². The average molecular weight is 318 g/mol. The van der Waals surface area contributed by atoms with E-state index in [1.54, 1.807) is 11.2 Å². The smallest absolute Gasteiger partial charge is 0.222 e. The topological polar surface area (TPSA) is 66.9 Å². The van der Waals surface area contributed by atoms with Crippen LogP contribution in [0.4, 0.5) is 0 Å². The molecule has 1 unspecified atom stereocenters. The molecule has 21 heavy (non-hydrogen) atoms. The van der Waals surface area contributed by atoms with Crippen LogP contribution in [-0.4, -0.2) is 68.2 Å². The number of carbonyl (C=O) groups excluding carboxylic acids is 1. The number of amides is 1. The van der Waals surface area contributed by atoms with Gasteiger partial charge in [-0.2, -0.15) is 0 Å². The molecule has 2 aliphatic rings. The summed E-state index contributed by atoms with van der Waals surface area (Å²) < 4.78 is 31.1. The maximum atomic E-state index is 12.3. The summed E-state index contributed by atoms with van der Waals surface area (Å²) in [6.07, 6.45) is 3.88. The number of likely N-dealkylation sites (tertiary alicyclic amines) is 1. The molecule has 7 heteroatoms. The van der Waals surface area contributed by atoms with E-state index in [1.165, 1.54) is 7.11 Å². The van der Waals surface area contributed by atoms with Crippen LogP contribution in [0.1, 0.15) is 39.0 Å². The molecule has 6 nitrogen and oxygen atoms in total. The minimum absolute atomic E-state index is 0.0246. The Bertz CT molecular complexity index is 458. The van der Waals surface area contributed by atoms with Crippen molar-refractivity contribution < 1.29 is 17.9 Å². The zero-order valence-corrected chi connectivity index (χ0v) is 13.8. The van der Waals surface area contributed by atoms with E-state index in [9.17, 15) is 13.2 Å². The number of methoxy groups -OCH3 is 1. The SMILES string of the molecule is COC(C)CS(=O)(=O)N1CCC(N2CCCCC2=O)CC1. The first kappa shape index (κ1) is 16.7. The summed E-state index contributed by atoms with van der Waals surface area (Å²) in [6.45, 7) is 3.61. The van der Waals surface area contributed by atoms with Crippen molar-refractivity contribution in [2.45, 2.75) is 51.2 Å². The van der Waals surface area contributed by atoms with E-state index in [-0.39, 0.29) is 23.8 Å². The maximum absolute atomic E-state index is 12.3. The lowest BCUT2D eigenvalue weighted by Gasteiger charge is -2.39. The van der Waals surface area contributed by atoms with Crippen LogP contribution in [0.2, 0.25) is 0 Å². The molecule has 0 spiro atoms. The molecule has 1 atom stereocenters. The van der Waals surface area contributed by atoms with Gasteiger partial charge in [-0.1, -0.05) is 0 Å². The Kier molecular flexibility index (Phi) is 5.62. The number of ether oxygens (including phenoxy) is 1. The Morgan fingerprint density at radius 2 is 1.90 bits per heavy atom. The molecule has 0 saturated carbocycles. The lowest BCUT2D eigenvalue weighted by molar-refractivity contribution is -0.136. The highest BCUT2D eigenvalue weighted by Gasteiger charge is 2.33. The van der Waals surface area contributed by atoms with Gasteiger partial charge in [0, 0.05) is 39.2 Å². The minimum Gasteiger partial charge on any atom is -0.381 e. The van der Waals surface area contributed by atoms with Crippen LogP contribution in [0, 0.1) is 0 Å². The van der Waals surface area contributed by atoms with Crippen molar-refractivity contribution in [2.24, 2.45) is 0 Å². The number of carbonyl (C=O) groups is 1. The molecular weight excluding hydrogens is 292 g/mol. The Morgan fingerprint density at radius 1 is 1.24 bits per heavy atom. The van der Waals surface area contributed by atoms with Gasteiger partial charge in [-0.25, -0.2) is 12.7 Å². The highest BCUT2D eigenvalue weighted by atomic mass is 32.2. The molecule has 0 bridgehead atoms. The molecule has 2 heterocycles. The molecule has 122 valence electrons. The summed E-state index contributed by atoms with van der Waals surface area (Å²) in [7, 11) is -1.74. The molecule has 2 fully saturated rings. The monoisotopic (exact) mass is 318 g/mol. The van der Waals surface area contributed by atoms with Gasteiger partial charge in [-0.3, -0.25) is 4.79 Å². The summed E-state index contributed by atoms with van der Waals surface area (Å²) in [5.41, 5.74) is 0. The van der Waals surface area contributed by atoms with Gasteiger partial charge in [0.2, 0.25) is 15.9 Å². The summed E-state index contributed by atoms with van der Waals surface area (Å²) in [6, 6.07) is 0.212. The molecule has 2 rings (SSSR count). The zero-order valence-electron chi connectivity index (χ0n) is 13.0. The van der Waals surface area contributed by atoms with E-state index >= 15 is 0 Å². The molecule has 0 aromatic heterocycles. The Balaban J connectivity index is 1.89. The van der Waals surface area contributed by atoms with E-state index in [4.69, 9.17) is 4.74 Å². The number of rotatable bonds is 5. The van der Waals surface area contributed by atoms with Crippen molar-refractivity contribution in [3.8, 4) is 0 Å². The second-order valence-electron chi connectivity index (χ2n) is 6.00. The highest BCUT2D eigenvalue weighted by Crippen LogP contribution is 2.23. The number of nitrogens with zero attached hydrogens (tertiary/aromatic N) is 2. The van der Waals surface area contributed by atoms with Crippen molar-refractivity contribution in [2.75, 3.05) is 32.5 Å². The van der Waals surface area contributed by atoms with Crippen molar-refractivity contribution in [1.82, 2.24) is 9.21 Å². The van der Waals surface area contributed by atoms with Crippen LogP contribution < -0.4 is 0 Å². The molecule has 0 aromatic rings. The summed E-state index contributed by atoms with van der Waals surface area (Å²) in [4.78, 5) is 13.9. The van der Waals surface area contributed by atoms with E-state index in [1.807, 2.05) is 4.90 Å². The number of sulfonamides is 1. The molecular formula is C14H26N2O4S. The van der Waals surface area contributed by atoms with Crippen molar-refractivity contribution in [1.29, 1.82) is 0 Å². The third-order valence-electron chi connectivity index (χ3n) is 4.47. The molecule has 0 aliphatic carbocycles. The van der Waals surface area contributed by atoms with Crippen LogP contribution in [0.15, 0.2) is 0 Å². The largest absolute Gasteiger partial charge is 0.381 e. The zero-order chi connectivity index (χ0) is 15.5. The van der Waals surface area contributed by atoms with Crippen LogP contribution in [0.5, 0.6) is 0 Å². The third kappa shape index (κ3) is 4.17. The average Bonchev–Trinajstić information content (AvgIpc) is 2.47. The van der Waals surface area contributed by atoms with Gasteiger partial charge in [-0.15, -0.1) is 0 Å². The number of hydrogen-bond donors (Lipinski definition) is 0. The summed E-state index contributed by atoms with van der Waals surface area (Å²) in [5.74, 6) is 0.257. The molecule has 2 aliphatic heterocycles. The Labute approximate surface area is 127 Å². The Morgan fingerprint density at radius 3 is 2.48 bits per heavy atom. The van der Waals surface area contributed by atoms with Gasteiger partial charge in [0.1, 0.15) is 0 Å². The Hall–Kier alpha value is -0.660. The summed E-state index contributed by atoms with van der Waals surface area (Å²) >= 11 is 0. The normalized spacial score (nSPS) is 24.3. The lowest BCUT2D eigenvalue weighted by atomic mass is 10.0. The minimum atomic E-state index is -3.26. The second kappa shape index (κ2) is 7.07. The third-order valence-corrected chi connectivity index (χ3v) is 6.51. The molecule has 0 aromatic carbocycles. The molecule has 0 N–H and O–H groups in total. The van der Waals surface area contributed by atoms with Crippen molar-refractivity contribution >= 4 is 15.9 Å². The molecule has 0 radical (unpaired) electrons. The van der Waals surface area contributed by atoms with Crippen LogP contribution in [-0.2, 0) is 19.6 Å². The van der Waals surface area contributed by atoms with Crippen LogP contribution >= 0.6 is 0 Å². The van der Waals surface area contributed by atoms with Crippen molar-refractivity contribution in [3.05, 3.63) is 0 Å². The molecule has 2 saturated heterocycles. The predicted molar refractivity (Wildman–Crippen MR) is 80.4 cm³/mol. The lowest BCUT2D eigenvalue weighted by Crippen LogP contribution is -2.50. The van der Waals surface area contributed by atoms with Gasteiger partial charge in [-0.05, 0) is 32.6 Å². The van der Waals surface area contributed by atoms with Gasteiger partial charge in [0.15, 0.2) is 0 Å². The quantitative estimate of drug-likeness (QED) is 0.753. The van der Waals surface area contributed by atoms with Gasteiger partial charge < -0.3 is 9.64 Å².